The molecule has 0 fully saturated rings. The number of amides is 1. The van der Waals surface area contributed by atoms with Crippen LogP contribution >= 0.6 is 0 Å². The highest BCUT2D eigenvalue weighted by molar-refractivity contribution is 5.81. The van der Waals surface area contributed by atoms with Crippen molar-refractivity contribution in [3.8, 4) is 0 Å². The average molecular weight is 274 g/mol. The van der Waals surface area contributed by atoms with Crippen LogP contribution in [0.2, 0.25) is 0 Å². The number of hydrogen-bond donors (Lipinski definition) is 3. The second-order valence-corrected chi connectivity index (χ2v) is 6.17. The highest BCUT2D eigenvalue weighted by atomic mass is 16.3. The Morgan fingerprint density at radius 3 is 2.58 bits per heavy atom. The van der Waals surface area contributed by atoms with Crippen molar-refractivity contribution in [2.75, 3.05) is 40.3 Å². The lowest BCUT2D eigenvalue weighted by Crippen LogP contribution is -2.44. The summed E-state index contributed by atoms with van der Waals surface area (Å²) < 4.78 is 1.05. The second-order valence-electron chi connectivity index (χ2n) is 6.17. The van der Waals surface area contributed by atoms with Gasteiger partial charge in [0.1, 0.15) is 6.04 Å². The van der Waals surface area contributed by atoms with Gasteiger partial charge in [0.2, 0.25) is 5.91 Å². The number of aliphatic hydroxyl groups excluding tert-OH is 1. The topological polar surface area (TPSA) is 75.4 Å². The lowest BCUT2D eigenvalue weighted by molar-refractivity contribution is -0.893. The first kappa shape index (κ1) is 18.4. The van der Waals surface area contributed by atoms with Gasteiger partial charge in [-0.2, -0.15) is 0 Å². The van der Waals surface area contributed by atoms with Gasteiger partial charge in [-0.15, -0.1) is 0 Å². The standard InChI is InChI=1S/C14H31N3O2/c1-5-9-17(3,4)10-12(2)7-6-8-16-14(19)13(15)11-18/h12-13,18H,5-11,15H2,1-4H3/p+1/t12?,13-/m0/s1. The third kappa shape index (κ3) is 8.97. The zero-order valence-electron chi connectivity index (χ0n) is 13.0. The SMILES string of the molecule is CCC[N+](C)(C)CC(C)CCCNC(=O)[C@@H](N)CO. The maximum absolute atomic E-state index is 11.3. The summed E-state index contributed by atoms with van der Waals surface area (Å²) in [5.74, 6) is 0.377. The number of nitrogens with one attached hydrogen (secondary N) is 1. The normalized spacial score (nSPS) is 15.1. The molecule has 0 aromatic carbocycles. The molecule has 0 radical (unpaired) electrons. The van der Waals surface area contributed by atoms with E-state index in [0.717, 1.165) is 23.9 Å². The molecule has 2 atom stereocenters. The van der Waals surface area contributed by atoms with Crippen LogP contribution in [-0.4, -0.2) is 61.9 Å². The molecule has 114 valence electrons. The quantitative estimate of drug-likeness (QED) is 0.397. The van der Waals surface area contributed by atoms with Crippen LogP contribution in [0.5, 0.6) is 0 Å². The minimum Gasteiger partial charge on any atom is -0.394 e. The van der Waals surface area contributed by atoms with Crippen LogP contribution in [0.4, 0.5) is 0 Å². The van der Waals surface area contributed by atoms with E-state index in [0.29, 0.717) is 12.5 Å². The van der Waals surface area contributed by atoms with Gasteiger partial charge >= 0.3 is 0 Å². The van der Waals surface area contributed by atoms with Crippen LogP contribution in [0.1, 0.15) is 33.1 Å². The summed E-state index contributed by atoms with van der Waals surface area (Å²) in [6.07, 6.45) is 3.26. The third-order valence-corrected chi connectivity index (χ3v) is 3.34. The number of nitrogens with zero attached hydrogens (tertiary/aromatic N) is 1. The minimum atomic E-state index is -0.794. The van der Waals surface area contributed by atoms with Gasteiger partial charge in [-0.05, 0) is 19.3 Å². The Hall–Kier alpha value is -0.650. The molecule has 1 unspecified atom stereocenters. The van der Waals surface area contributed by atoms with Gasteiger partial charge in [0.05, 0.1) is 33.8 Å². The molecule has 0 heterocycles. The van der Waals surface area contributed by atoms with Crippen molar-refractivity contribution in [1.82, 2.24) is 5.32 Å². The van der Waals surface area contributed by atoms with Crippen molar-refractivity contribution in [2.45, 2.75) is 39.2 Å². The van der Waals surface area contributed by atoms with Crippen LogP contribution in [-0.2, 0) is 4.79 Å². The van der Waals surface area contributed by atoms with E-state index in [4.69, 9.17) is 10.8 Å². The van der Waals surface area contributed by atoms with Gasteiger partial charge in [0.25, 0.3) is 0 Å². The number of hydrogen-bond acceptors (Lipinski definition) is 3. The van der Waals surface area contributed by atoms with E-state index >= 15 is 0 Å². The van der Waals surface area contributed by atoms with Gasteiger partial charge < -0.3 is 20.6 Å². The van der Waals surface area contributed by atoms with E-state index < -0.39 is 6.04 Å². The number of carbonyl (C=O) groups is 1. The third-order valence-electron chi connectivity index (χ3n) is 3.34. The Kier molecular flexibility index (Phi) is 8.97. The van der Waals surface area contributed by atoms with Gasteiger partial charge in [0.15, 0.2) is 0 Å². The molecule has 4 N–H and O–H groups in total. The van der Waals surface area contributed by atoms with E-state index in [2.05, 4.69) is 33.3 Å². The van der Waals surface area contributed by atoms with Crippen molar-refractivity contribution in [3.63, 3.8) is 0 Å². The maximum Gasteiger partial charge on any atom is 0.239 e. The van der Waals surface area contributed by atoms with E-state index in [-0.39, 0.29) is 12.5 Å². The number of nitrogens with two attached hydrogens (primary N) is 1. The lowest BCUT2D eigenvalue weighted by atomic mass is 10.0. The van der Waals surface area contributed by atoms with Crippen LogP contribution < -0.4 is 11.1 Å². The first-order valence-corrected chi connectivity index (χ1v) is 7.28. The molecule has 1 amide bonds. The minimum absolute atomic E-state index is 0.266. The summed E-state index contributed by atoms with van der Waals surface area (Å²) in [5, 5.41) is 11.5. The fourth-order valence-electron chi connectivity index (χ4n) is 2.51. The molecular weight excluding hydrogens is 242 g/mol. The Morgan fingerprint density at radius 1 is 1.42 bits per heavy atom. The highest BCUT2D eigenvalue weighted by Gasteiger charge is 2.18. The second kappa shape index (κ2) is 9.28. The number of aliphatic hydroxyl groups is 1. The van der Waals surface area contributed by atoms with Crippen molar-refractivity contribution >= 4 is 5.91 Å². The number of carbonyl (C=O) groups excluding carboxylic acids is 1. The van der Waals surface area contributed by atoms with E-state index in [1.54, 1.807) is 0 Å². The van der Waals surface area contributed by atoms with Crippen LogP contribution in [0.15, 0.2) is 0 Å². The van der Waals surface area contributed by atoms with Crippen molar-refractivity contribution < 1.29 is 14.4 Å². The molecule has 0 rings (SSSR count). The van der Waals surface area contributed by atoms with Crippen LogP contribution in [0, 0.1) is 5.92 Å². The Balaban J connectivity index is 3.75. The molecule has 0 aliphatic carbocycles. The van der Waals surface area contributed by atoms with Gasteiger partial charge in [0, 0.05) is 12.5 Å². The van der Waals surface area contributed by atoms with Gasteiger partial charge in [-0.3, -0.25) is 4.79 Å². The average Bonchev–Trinajstić information content (AvgIpc) is 2.32. The van der Waals surface area contributed by atoms with Gasteiger partial charge in [-0.25, -0.2) is 0 Å². The van der Waals surface area contributed by atoms with Crippen molar-refractivity contribution in [3.05, 3.63) is 0 Å². The molecule has 0 aliphatic heterocycles. The van der Waals surface area contributed by atoms with E-state index in [9.17, 15) is 4.79 Å². The van der Waals surface area contributed by atoms with Crippen molar-refractivity contribution in [2.24, 2.45) is 11.7 Å². The van der Waals surface area contributed by atoms with Crippen molar-refractivity contribution in [1.29, 1.82) is 0 Å². The highest BCUT2D eigenvalue weighted by Crippen LogP contribution is 2.11. The molecular formula is C14H32N3O2+. The molecule has 5 heteroatoms. The maximum atomic E-state index is 11.3. The Bertz CT molecular complexity index is 257. The largest absolute Gasteiger partial charge is 0.394 e. The molecule has 19 heavy (non-hydrogen) atoms. The van der Waals surface area contributed by atoms with Crippen LogP contribution in [0.25, 0.3) is 0 Å². The summed E-state index contributed by atoms with van der Waals surface area (Å²) in [6, 6.07) is -0.794. The monoisotopic (exact) mass is 274 g/mol. The number of quaternary nitrogens is 1. The molecule has 0 aromatic heterocycles. The van der Waals surface area contributed by atoms with Gasteiger partial charge in [-0.1, -0.05) is 13.8 Å². The Labute approximate surface area is 117 Å². The van der Waals surface area contributed by atoms with Crippen LogP contribution in [0.3, 0.4) is 0 Å². The molecule has 5 nitrogen and oxygen atoms in total. The summed E-state index contributed by atoms with van der Waals surface area (Å²) in [7, 11) is 4.53. The first-order valence-electron chi connectivity index (χ1n) is 7.28. The van der Waals surface area contributed by atoms with E-state index in [1.807, 2.05) is 0 Å². The predicted molar refractivity (Wildman–Crippen MR) is 78.6 cm³/mol. The fraction of sp³-hybridized carbons (Fsp3) is 0.929. The summed E-state index contributed by atoms with van der Waals surface area (Å²) >= 11 is 0. The molecule has 0 aliphatic rings. The zero-order chi connectivity index (χ0) is 14.9. The zero-order valence-corrected chi connectivity index (χ0v) is 13.0. The lowest BCUT2D eigenvalue weighted by Gasteiger charge is -2.32. The molecule has 0 bridgehead atoms. The molecule has 0 saturated carbocycles. The molecule has 0 aromatic rings. The van der Waals surface area contributed by atoms with E-state index in [1.165, 1.54) is 13.0 Å². The number of rotatable bonds is 10. The first-order chi connectivity index (χ1) is 8.82. The summed E-state index contributed by atoms with van der Waals surface area (Å²) in [5.41, 5.74) is 5.41. The molecule has 0 saturated heterocycles. The summed E-state index contributed by atoms with van der Waals surface area (Å²) in [6.45, 7) is 7.18. The summed E-state index contributed by atoms with van der Waals surface area (Å²) in [4.78, 5) is 11.3. The fourth-order valence-corrected chi connectivity index (χ4v) is 2.51. The Morgan fingerprint density at radius 2 is 2.05 bits per heavy atom. The smallest absolute Gasteiger partial charge is 0.239 e. The molecule has 0 spiro atoms. The predicted octanol–water partition coefficient (Wildman–Crippen LogP) is 0.325.